The Labute approximate surface area is 201 Å². The molecule has 0 saturated heterocycles. The van der Waals surface area contributed by atoms with Gasteiger partial charge in [0.2, 0.25) is 5.91 Å². The topological polar surface area (TPSA) is 146 Å². The van der Waals surface area contributed by atoms with Gasteiger partial charge in [-0.25, -0.2) is 9.59 Å². The van der Waals surface area contributed by atoms with Crippen molar-refractivity contribution in [1.29, 1.82) is 0 Å². The summed E-state index contributed by atoms with van der Waals surface area (Å²) < 4.78 is 6.25. The highest BCUT2D eigenvalue weighted by molar-refractivity contribution is 5.98. The Morgan fingerprint density at radius 1 is 1.03 bits per heavy atom. The molecular formula is C24H28N6O5. The number of carbonyl (C=O) groups is 2. The van der Waals surface area contributed by atoms with E-state index in [0.29, 0.717) is 5.69 Å². The van der Waals surface area contributed by atoms with Gasteiger partial charge in [0.1, 0.15) is 11.5 Å². The zero-order valence-corrected chi connectivity index (χ0v) is 19.5. The summed E-state index contributed by atoms with van der Waals surface area (Å²) in [5.74, 6) is -0.638. The van der Waals surface area contributed by atoms with Gasteiger partial charge in [-0.1, -0.05) is 42.5 Å². The maximum Gasteiger partial charge on any atom is 0.330 e. The molecule has 0 radical (unpaired) electrons. The van der Waals surface area contributed by atoms with Gasteiger partial charge >= 0.3 is 11.7 Å². The predicted octanol–water partition coefficient (Wildman–Crippen LogP) is 1.86. The van der Waals surface area contributed by atoms with Crippen molar-refractivity contribution in [2.45, 2.75) is 20.0 Å². The first-order valence-electron chi connectivity index (χ1n) is 10.9. The number of anilines is 3. The lowest BCUT2D eigenvalue weighted by Crippen LogP contribution is -2.39. The zero-order chi connectivity index (χ0) is 25.2. The van der Waals surface area contributed by atoms with Crippen LogP contribution in [0.2, 0.25) is 0 Å². The lowest BCUT2D eigenvalue weighted by Gasteiger charge is -2.18. The number of hydrogen-bond donors (Lipinski definition) is 5. The van der Waals surface area contributed by atoms with Gasteiger partial charge in [-0.2, -0.15) is 0 Å². The Balaban J connectivity index is 1.75. The molecule has 0 bridgehead atoms. The van der Waals surface area contributed by atoms with Crippen molar-refractivity contribution in [2.24, 2.45) is 0 Å². The van der Waals surface area contributed by atoms with E-state index in [4.69, 9.17) is 4.74 Å². The summed E-state index contributed by atoms with van der Waals surface area (Å²) in [5.41, 5.74) is 1.09. The quantitative estimate of drug-likeness (QED) is 0.299. The molecule has 0 atom stereocenters. The van der Waals surface area contributed by atoms with E-state index in [9.17, 15) is 19.2 Å². The van der Waals surface area contributed by atoms with E-state index < -0.39 is 23.2 Å². The number of rotatable bonds is 10. The van der Waals surface area contributed by atoms with Crippen LogP contribution in [0.5, 0.6) is 0 Å². The van der Waals surface area contributed by atoms with E-state index in [-0.39, 0.29) is 37.7 Å². The lowest BCUT2D eigenvalue weighted by atomic mass is 10.2. The Bertz CT molecular complexity index is 1290. The van der Waals surface area contributed by atoms with Crippen LogP contribution in [0.4, 0.5) is 22.0 Å². The van der Waals surface area contributed by atoms with E-state index in [2.05, 4.69) is 26.3 Å². The normalized spacial score (nSPS) is 10.5. The monoisotopic (exact) mass is 480 g/mol. The number of carbonyl (C=O) groups excluding carboxylic acids is 2. The van der Waals surface area contributed by atoms with Gasteiger partial charge in [0, 0.05) is 19.3 Å². The molecule has 11 nitrogen and oxygen atoms in total. The van der Waals surface area contributed by atoms with Gasteiger partial charge in [0.15, 0.2) is 0 Å². The molecule has 0 spiro atoms. The van der Waals surface area contributed by atoms with Crippen LogP contribution in [-0.2, 0) is 22.6 Å². The maximum absolute atomic E-state index is 12.7. The number of amides is 3. The van der Waals surface area contributed by atoms with E-state index in [1.54, 1.807) is 18.2 Å². The van der Waals surface area contributed by atoms with Crippen LogP contribution >= 0.6 is 0 Å². The van der Waals surface area contributed by atoms with Crippen molar-refractivity contribution in [3.05, 3.63) is 86.6 Å². The second-order valence-electron chi connectivity index (χ2n) is 7.69. The summed E-state index contributed by atoms with van der Waals surface area (Å²) in [6, 6.07) is 16.0. The van der Waals surface area contributed by atoms with E-state index >= 15 is 0 Å². The highest BCUT2D eigenvalue weighted by Gasteiger charge is 2.18. The molecule has 0 aliphatic rings. The SMILES string of the molecule is COCCn1c(NC(=O)CNC(=O)Nc2cccc(C)c2)c(NCc2ccccc2)c(=O)[nH]c1=O. The van der Waals surface area contributed by atoms with Gasteiger partial charge in [0.05, 0.1) is 19.7 Å². The highest BCUT2D eigenvalue weighted by Crippen LogP contribution is 2.16. The number of aromatic amines is 1. The zero-order valence-electron chi connectivity index (χ0n) is 19.5. The van der Waals surface area contributed by atoms with Gasteiger partial charge in [0.25, 0.3) is 5.56 Å². The molecule has 2 aromatic carbocycles. The van der Waals surface area contributed by atoms with Crippen LogP contribution in [0.15, 0.2) is 64.2 Å². The standard InChI is InChI=1S/C24H28N6O5/c1-16-7-6-10-18(13-16)27-23(33)26-15-19(31)28-21-20(25-14-17-8-4-3-5-9-17)22(32)29-24(34)30(21)11-12-35-2/h3-10,13,25H,11-12,14-15H2,1-2H3,(H,28,31)(H2,26,27,33)(H,29,32,34). The number of urea groups is 1. The second-order valence-corrected chi connectivity index (χ2v) is 7.69. The third-order valence-electron chi connectivity index (χ3n) is 4.97. The van der Waals surface area contributed by atoms with Crippen LogP contribution in [0.3, 0.4) is 0 Å². The van der Waals surface area contributed by atoms with Crippen molar-refractivity contribution in [3.8, 4) is 0 Å². The lowest BCUT2D eigenvalue weighted by molar-refractivity contribution is -0.115. The number of ether oxygens (including phenoxy) is 1. The average molecular weight is 481 g/mol. The summed E-state index contributed by atoms with van der Waals surface area (Å²) >= 11 is 0. The summed E-state index contributed by atoms with van der Waals surface area (Å²) in [4.78, 5) is 52.1. The van der Waals surface area contributed by atoms with E-state index in [1.165, 1.54) is 11.7 Å². The first-order chi connectivity index (χ1) is 16.9. The molecule has 184 valence electrons. The minimum Gasteiger partial charge on any atom is -0.383 e. The van der Waals surface area contributed by atoms with Crippen molar-refractivity contribution in [1.82, 2.24) is 14.9 Å². The molecular weight excluding hydrogens is 452 g/mol. The number of methoxy groups -OCH3 is 1. The molecule has 0 saturated carbocycles. The molecule has 0 fully saturated rings. The molecule has 1 aromatic heterocycles. The molecule has 3 aromatic rings. The van der Waals surface area contributed by atoms with Crippen LogP contribution in [-0.4, -0.2) is 41.8 Å². The minimum absolute atomic E-state index is 0.0159. The van der Waals surface area contributed by atoms with E-state index in [0.717, 1.165) is 11.1 Å². The van der Waals surface area contributed by atoms with Gasteiger partial charge in [-0.15, -0.1) is 0 Å². The first-order valence-corrected chi connectivity index (χ1v) is 10.9. The fraction of sp³-hybridized carbons (Fsp3) is 0.250. The summed E-state index contributed by atoms with van der Waals surface area (Å²) in [5, 5.41) is 10.7. The number of hydrogen-bond acceptors (Lipinski definition) is 6. The van der Waals surface area contributed by atoms with Gasteiger partial charge in [-0.05, 0) is 30.2 Å². The molecule has 0 aliphatic carbocycles. The Kier molecular flexibility index (Phi) is 8.79. The number of aromatic nitrogens is 2. The van der Waals surface area contributed by atoms with Crippen LogP contribution in [0.25, 0.3) is 0 Å². The molecule has 3 amide bonds. The smallest absolute Gasteiger partial charge is 0.330 e. The molecule has 0 unspecified atom stereocenters. The fourth-order valence-electron chi connectivity index (χ4n) is 3.28. The van der Waals surface area contributed by atoms with Crippen molar-refractivity contribution in [2.75, 3.05) is 36.2 Å². The second kappa shape index (κ2) is 12.2. The largest absolute Gasteiger partial charge is 0.383 e. The molecule has 0 aliphatic heterocycles. The minimum atomic E-state index is -0.697. The van der Waals surface area contributed by atoms with Crippen molar-refractivity contribution in [3.63, 3.8) is 0 Å². The van der Waals surface area contributed by atoms with Crippen molar-refractivity contribution >= 4 is 29.1 Å². The van der Waals surface area contributed by atoms with Crippen LogP contribution < -0.4 is 32.5 Å². The van der Waals surface area contributed by atoms with Crippen molar-refractivity contribution < 1.29 is 14.3 Å². The number of nitrogens with one attached hydrogen (secondary N) is 5. The third kappa shape index (κ3) is 7.30. The summed E-state index contributed by atoms with van der Waals surface area (Å²) in [6.45, 7) is 2.05. The molecule has 3 rings (SSSR count). The predicted molar refractivity (Wildman–Crippen MR) is 134 cm³/mol. The molecule has 5 N–H and O–H groups in total. The van der Waals surface area contributed by atoms with Gasteiger partial charge < -0.3 is 26.0 Å². The average Bonchev–Trinajstić information content (AvgIpc) is 2.83. The van der Waals surface area contributed by atoms with Crippen LogP contribution in [0, 0.1) is 6.92 Å². The number of benzene rings is 2. The Morgan fingerprint density at radius 3 is 2.51 bits per heavy atom. The molecule has 11 heteroatoms. The van der Waals surface area contributed by atoms with Gasteiger partial charge in [-0.3, -0.25) is 19.1 Å². The molecule has 35 heavy (non-hydrogen) atoms. The number of aryl methyl sites for hydroxylation is 1. The number of nitrogens with zero attached hydrogens (tertiary/aromatic N) is 1. The Hall–Kier alpha value is -4.38. The first kappa shape index (κ1) is 25.2. The maximum atomic E-state index is 12.7. The summed E-state index contributed by atoms with van der Waals surface area (Å²) in [7, 11) is 1.47. The number of H-pyrrole nitrogens is 1. The van der Waals surface area contributed by atoms with E-state index in [1.807, 2.05) is 43.3 Å². The molecule has 1 heterocycles. The fourth-order valence-corrected chi connectivity index (χ4v) is 3.28. The third-order valence-corrected chi connectivity index (χ3v) is 4.97. The summed E-state index contributed by atoms with van der Waals surface area (Å²) in [6.07, 6.45) is 0. The van der Waals surface area contributed by atoms with Crippen LogP contribution in [0.1, 0.15) is 11.1 Å². The highest BCUT2D eigenvalue weighted by atomic mass is 16.5. The Morgan fingerprint density at radius 2 is 1.80 bits per heavy atom.